The monoisotopic (exact) mass is 234 g/mol. The molecule has 0 aliphatic carbocycles. The molecule has 0 aliphatic rings. The molecular formula is C14H19FN2. The van der Waals surface area contributed by atoms with Gasteiger partial charge in [0.1, 0.15) is 5.82 Å². The lowest BCUT2D eigenvalue weighted by Gasteiger charge is -2.20. The first-order valence-electron chi connectivity index (χ1n) is 5.82. The number of hydrogen-bond acceptors (Lipinski definition) is 2. The lowest BCUT2D eigenvalue weighted by atomic mass is 9.95. The number of nitriles is 1. The van der Waals surface area contributed by atoms with Crippen LogP contribution in [0, 0.1) is 22.6 Å². The maximum absolute atomic E-state index is 13.4. The lowest BCUT2D eigenvalue weighted by molar-refractivity contribution is 0.407. The number of hydrogen-bond donors (Lipinski definition) is 1. The maximum Gasteiger partial charge on any atom is 0.126 e. The van der Waals surface area contributed by atoms with Crippen molar-refractivity contribution in [2.45, 2.75) is 33.2 Å². The van der Waals surface area contributed by atoms with Crippen molar-refractivity contribution in [2.24, 2.45) is 5.41 Å². The Balaban J connectivity index is 2.49. The molecule has 0 saturated heterocycles. The third kappa shape index (κ3) is 4.54. The topological polar surface area (TPSA) is 35.8 Å². The second-order valence-electron chi connectivity index (χ2n) is 5.07. The minimum Gasteiger partial charge on any atom is -0.312 e. The van der Waals surface area contributed by atoms with E-state index in [1.165, 1.54) is 6.07 Å². The highest BCUT2D eigenvalue weighted by atomic mass is 19.1. The van der Waals surface area contributed by atoms with E-state index in [9.17, 15) is 4.39 Å². The van der Waals surface area contributed by atoms with Crippen molar-refractivity contribution < 1.29 is 4.39 Å². The van der Waals surface area contributed by atoms with Gasteiger partial charge in [0.05, 0.1) is 11.5 Å². The molecule has 0 radical (unpaired) electrons. The minimum atomic E-state index is -0.385. The van der Waals surface area contributed by atoms with Gasteiger partial charge in [0.15, 0.2) is 0 Å². The molecular weight excluding hydrogens is 215 g/mol. The average Bonchev–Trinajstić information content (AvgIpc) is 2.30. The van der Waals surface area contributed by atoms with Crippen LogP contribution in [0.5, 0.6) is 0 Å². The number of halogens is 1. The molecule has 0 fully saturated rings. The number of nitrogens with zero attached hydrogens (tertiary/aromatic N) is 1. The van der Waals surface area contributed by atoms with Crippen molar-refractivity contribution in [2.75, 3.05) is 6.54 Å². The Bertz CT molecular complexity index is 407. The molecule has 1 atom stereocenters. The van der Waals surface area contributed by atoms with Crippen LogP contribution < -0.4 is 5.32 Å². The van der Waals surface area contributed by atoms with Gasteiger partial charge < -0.3 is 5.32 Å². The van der Waals surface area contributed by atoms with E-state index >= 15 is 0 Å². The molecule has 0 aliphatic heterocycles. The second kappa shape index (κ2) is 5.79. The Hall–Kier alpha value is -1.40. The summed E-state index contributed by atoms with van der Waals surface area (Å²) in [6.45, 7) is 6.38. The molecule has 17 heavy (non-hydrogen) atoms. The summed E-state index contributed by atoms with van der Waals surface area (Å²) in [6, 6.07) is 9.18. The van der Waals surface area contributed by atoms with E-state index in [-0.39, 0.29) is 17.3 Å². The fraction of sp³-hybridized carbons (Fsp3) is 0.500. The number of rotatable bonds is 5. The highest BCUT2D eigenvalue weighted by molar-refractivity contribution is 5.18. The normalized spacial score (nSPS) is 13.1. The second-order valence-corrected chi connectivity index (χ2v) is 5.07. The number of nitrogens with one attached hydrogen (secondary N) is 1. The van der Waals surface area contributed by atoms with Crippen LogP contribution >= 0.6 is 0 Å². The summed E-state index contributed by atoms with van der Waals surface area (Å²) in [6.07, 6.45) is 0.633. The summed E-state index contributed by atoms with van der Waals surface area (Å²) < 4.78 is 13.4. The Kier molecular flexibility index (Phi) is 4.65. The van der Waals surface area contributed by atoms with Gasteiger partial charge >= 0.3 is 0 Å². The molecule has 3 heteroatoms. The van der Waals surface area contributed by atoms with Crippen molar-refractivity contribution in [1.82, 2.24) is 5.32 Å². The fourth-order valence-electron chi connectivity index (χ4n) is 1.53. The third-order valence-corrected chi connectivity index (χ3v) is 2.68. The van der Waals surface area contributed by atoms with Crippen LogP contribution in [0.2, 0.25) is 0 Å². The molecule has 1 N–H and O–H groups in total. The zero-order chi connectivity index (χ0) is 12.9. The molecule has 0 bridgehead atoms. The van der Waals surface area contributed by atoms with Gasteiger partial charge in [-0.15, -0.1) is 0 Å². The van der Waals surface area contributed by atoms with Gasteiger partial charge in [0, 0.05) is 12.6 Å². The highest BCUT2D eigenvalue weighted by Crippen LogP contribution is 2.13. The lowest BCUT2D eigenvalue weighted by Crippen LogP contribution is -2.36. The van der Waals surface area contributed by atoms with Gasteiger partial charge in [-0.05, 0) is 38.8 Å². The standard InChI is InChI=1S/C14H19FN2/c1-11(17-10-14(2,3)9-16)8-12-6-4-5-7-13(12)15/h4-7,11,17H,8,10H2,1-3H3. The quantitative estimate of drug-likeness (QED) is 0.850. The third-order valence-electron chi connectivity index (χ3n) is 2.68. The first kappa shape index (κ1) is 13.7. The predicted molar refractivity (Wildman–Crippen MR) is 67.0 cm³/mol. The molecule has 1 aromatic carbocycles. The Labute approximate surface area is 102 Å². The number of benzene rings is 1. The summed E-state index contributed by atoms with van der Waals surface area (Å²) >= 11 is 0. The summed E-state index contributed by atoms with van der Waals surface area (Å²) in [5, 5.41) is 12.2. The van der Waals surface area contributed by atoms with Crippen LogP contribution in [0.1, 0.15) is 26.3 Å². The largest absolute Gasteiger partial charge is 0.312 e. The van der Waals surface area contributed by atoms with Crippen LogP contribution in [0.25, 0.3) is 0 Å². The molecule has 0 amide bonds. The van der Waals surface area contributed by atoms with Crippen molar-refractivity contribution in [3.8, 4) is 6.07 Å². The molecule has 0 spiro atoms. The zero-order valence-corrected chi connectivity index (χ0v) is 10.6. The minimum absolute atomic E-state index is 0.152. The van der Waals surface area contributed by atoms with Gasteiger partial charge in [-0.3, -0.25) is 0 Å². The van der Waals surface area contributed by atoms with Gasteiger partial charge in [0.25, 0.3) is 0 Å². The SMILES string of the molecule is CC(Cc1ccccc1F)NCC(C)(C)C#N. The van der Waals surface area contributed by atoms with Crippen LogP contribution in [0.15, 0.2) is 24.3 Å². The maximum atomic E-state index is 13.4. The molecule has 0 aromatic heterocycles. The van der Waals surface area contributed by atoms with Crippen LogP contribution in [0.4, 0.5) is 4.39 Å². The highest BCUT2D eigenvalue weighted by Gasteiger charge is 2.17. The van der Waals surface area contributed by atoms with Crippen molar-refractivity contribution in [1.29, 1.82) is 5.26 Å². The fourth-order valence-corrected chi connectivity index (χ4v) is 1.53. The summed E-state index contributed by atoms with van der Waals surface area (Å²) in [5.41, 5.74) is 0.325. The van der Waals surface area contributed by atoms with E-state index in [4.69, 9.17) is 5.26 Å². The average molecular weight is 234 g/mol. The molecule has 1 unspecified atom stereocenters. The zero-order valence-electron chi connectivity index (χ0n) is 10.6. The van der Waals surface area contributed by atoms with Crippen molar-refractivity contribution in [3.63, 3.8) is 0 Å². The Morgan fingerprint density at radius 1 is 1.41 bits per heavy atom. The molecule has 0 saturated carbocycles. The molecule has 2 nitrogen and oxygen atoms in total. The van der Waals surface area contributed by atoms with E-state index < -0.39 is 0 Å². The Morgan fingerprint density at radius 2 is 2.06 bits per heavy atom. The van der Waals surface area contributed by atoms with Gasteiger partial charge in [0.2, 0.25) is 0 Å². The van der Waals surface area contributed by atoms with E-state index in [0.29, 0.717) is 18.5 Å². The van der Waals surface area contributed by atoms with Crippen molar-refractivity contribution >= 4 is 0 Å². The van der Waals surface area contributed by atoms with E-state index in [2.05, 4.69) is 11.4 Å². The van der Waals surface area contributed by atoms with Gasteiger partial charge in [-0.1, -0.05) is 18.2 Å². The summed E-state index contributed by atoms with van der Waals surface area (Å²) in [4.78, 5) is 0. The van der Waals surface area contributed by atoms with Crippen molar-refractivity contribution in [3.05, 3.63) is 35.6 Å². The molecule has 1 rings (SSSR count). The van der Waals surface area contributed by atoms with E-state index in [1.807, 2.05) is 26.8 Å². The summed E-state index contributed by atoms with van der Waals surface area (Å²) in [5.74, 6) is -0.166. The smallest absolute Gasteiger partial charge is 0.126 e. The summed E-state index contributed by atoms with van der Waals surface area (Å²) in [7, 11) is 0. The van der Waals surface area contributed by atoms with Crippen LogP contribution in [-0.4, -0.2) is 12.6 Å². The van der Waals surface area contributed by atoms with E-state index in [0.717, 1.165) is 0 Å². The first-order valence-corrected chi connectivity index (χ1v) is 5.82. The predicted octanol–water partition coefficient (Wildman–Crippen LogP) is 2.90. The van der Waals surface area contributed by atoms with Crippen LogP contribution in [-0.2, 0) is 6.42 Å². The first-order chi connectivity index (χ1) is 7.94. The van der Waals surface area contributed by atoms with Gasteiger partial charge in [-0.25, -0.2) is 4.39 Å². The molecule has 92 valence electrons. The Morgan fingerprint density at radius 3 is 2.65 bits per heavy atom. The molecule has 1 aromatic rings. The van der Waals surface area contributed by atoms with E-state index in [1.54, 1.807) is 12.1 Å². The van der Waals surface area contributed by atoms with Gasteiger partial charge in [-0.2, -0.15) is 5.26 Å². The van der Waals surface area contributed by atoms with Crippen LogP contribution in [0.3, 0.4) is 0 Å². The molecule has 0 heterocycles.